The molecule has 0 aromatic heterocycles. The van der Waals surface area contributed by atoms with Crippen molar-refractivity contribution in [3.63, 3.8) is 0 Å². The molecule has 7 heteroatoms. The Balaban J connectivity index is 0.00000484. The Morgan fingerprint density at radius 3 is 2.22 bits per heavy atom. The Labute approximate surface area is 142 Å². The number of ketones is 1. The molecule has 0 aliphatic rings. The van der Waals surface area contributed by atoms with Gasteiger partial charge in [0, 0.05) is 24.2 Å². The van der Waals surface area contributed by atoms with E-state index >= 15 is 0 Å². The minimum atomic E-state index is -0.895. The van der Waals surface area contributed by atoms with Crippen molar-refractivity contribution in [2.75, 3.05) is 25.0 Å². The van der Waals surface area contributed by atoms with Gasteiger partial charge in [-0.2, -0.15) is 0 Å². The van der Waals surface area contributed by atoms with Gasteiger partial charge in [0.25, 0.3) is 0 Å². The number of halogens is 1. The summed E-state index contributed by atoms with van der Waals surface area (Å²) in [5, 5.41) is 11.5. The maximum atomic E-state index is 11.9. The van der Waals surface area contributed by atoms with Crippen LogP contribution in [0.5, 0.6) is 0 Å². The van der Waals surface area contributed by atoms with Crippen LogP contribution < -0.4 is 5.32 Å². The van der Waals surface area contributed by atoms with Crippen molar-refractivity contribution in [2.45, 2.75) is 26.7 Å². The minimum absolute atomic E-state index is 0. The monoisotopic (exact) mass is 342 g/mol. The van der Waals surface area contributed by atoms with Crippen LogP contribution in [-0.2, 0) is 9.59 Å². The lowest BCUT2D eigenvalue weighted by Gasteiger charge is -2.18. The van der Waals surface area contributed by atoms with Crippen LogP contribution in [0.4, 0.5) is 5.69 Å². The molecule has 0 aliphatic heterocycles. The molecule has 2 N–H and O–H groups in total. The van der Waals surface area contributed by atoms with E-state index in [0.29, 0.717) is 24.3 Å². The summed E-state index contributed by atoms with van der Waals surface area (Å²) in [4.78, 5) is 35.5. The van der Waals surface area contributed by atoms with Crippen LogP contribution in [0.1, 0.15) is 37.0 Å². The Hall–Kier alpha value is -1.92. The number of hydrogen-bond donors (Lipinski definition) is 2. The standard InChI is InChI=1S/C16H22N2O4.ClH/c1-3-9-18(11-16(21)22)10-8-15(20)17-14-6-4-13(5-7-14)12(2)19;/h4-7H,3,8-11H2,1-2H3,(H,17,20)(H,21,22);1H. The molecular formula is C16H23ClN2O4. The third-order valence-electron chi connectivity index (χ3n) is 3.13. The number of carbonyl (C=O) groups excluding carboxylic acids is 2. The van der Waals surface area contributed by atoms with Crippen molar-refractivity contribution in [1.82, 2.24) is 4.90 Å². The van der Waals surface area contributed by atoms with Crippen molar-refractivity contribution in [3.05, 3.63) is 29.8 Å². The van der Waals surface area contributed by atoms with E-state index < -0.39 is 5.97 Å². The zero-order valence-electron chi connectivity index (χ0n) is 13.4. The molecule has 0 saturated heterocycles. The molecule has 6 nitrogen and oxygen atoms in total. The summed E-state index contributed by atoms with van der Waals surface area (Å²) < 4.78 is 0. The first-order valence-corrected chi connectivity index (χ1v) is 7.27. The van der Waals surface area contributed by atoms with Crippen molar-refractivity contribution >= 4 is 35.8 Å². The Morgan fingerprint density at radius 2 is 1.74 bits per heavy atom. The fourth-order valence-corrected chi connectivity index (χ4v) is 2.05. The van der Waals surface area contributed by atoms with Gasteiger partial charge in [-0.25, -0.2) is 0 Å². The Kier molecular flexibility index (Phi) is 9.85. The van der Waals surface area contributed by atoms with Gasteiger partial charge in [0.15, 0.2) is 5.78 Å². The van der Waals surface area contributed by atoms with Gasteiger partial charge >= 0.3 is 5.97 Å². The highest BCUT2D eigenvalue weighted by molar-refractivity contribution is 5.95. The van der Waals surface area contributed by atoms with Crippen molar-refractivity contribution in [2.24, 2.45) is 0 Å². The number of benzene rings is 1. The average Bonchev–Trinajstić information content (AvgIpc) is 2.45. The second-order valence-corrected chi connectivity index (χ2v) is 5.10. The molecular weight excluding hydrogens is 320 g/mol. The molecule has 1 rings (SSSR count). The topological polar surface area (TPSA) is 86.7 Å². The van der Waals surface area contributed by atoms with Crippen molar-refractivity contribution in [1.29, 1.82) is 0 Å². The number of amides is 1. The molecule has 0 saturated carbocycles. The lowest BCUT2D eigenvalue weighted by Crippen LogP contribution is -2.33. The number of Topliss-reactive ketones (excluding diaryl/α,β-unsaturated/α-hetero) is 1. The number of hydrogen-bond acceptors (Lipinski definition) is 4. The van der Waals surface area contributed by atoms with Gasteiger partial charge in [0.1, 0.15) is 0 Å². The molecule has 0 radical (unpaired) electrons. The van der Waals surface area contributed by atoms with Crippen LogP contribution in [-0.4, -0.2) is 47.3 Å². The zero-order valence-corrected chi connectivity index (χ0v) is 14.2. The Bertz CT molecular complexity index is 531. The fourth-order valence-electron chi connectivity index (χ4n) is 2.05. The van der Waals surface area contributed by atoms with E-state index in [1.54, 1.807) is 29.2 Å². The van der Waals surface area contributed by atoms with E-state index in [2.05, 4.69) is 5.32 Å². The summed E-state index contributed by atoms with van der Waals surface area (Å²) in [7, 11) is 0. The average molecular weight is 343 g/mol. The van der Waals surface area contributed by atoms with Crippen LogP contribution in [0.2, 0.25) is 0 Å². The van der Waals surface area contributed by atoms with Crippen LogP contribution in [0.3, 0.4) is 0 Å². The summed E-state index contributed by atoms with van der Waals surface area (Å²) in [5.41, 5.74) is 1.21. The third kappa shape index (κ3) is 8.32. The number of rotatable bonds is 9. The van der Waals surface area contributed by atoms with Crippen molar-refractivity contribution in [3.8, 4) is 0 Å². The predicted molar refractivity (Wildman–Crippen MR) is 91.3 cm³/mol. The fraction of sp³-hybridized carbons (Fsp3) is 0.438. The maximum Gasteiger partial charge on any atom is 0.317 e. The molecule has 1 aromatic rings. The molecule has 1 aromatic carbocycles. The summed E-state index contributed by atoms with van der Waals surface area (Å²) in [5.74, 6) is -1.10. The highest BCUT2D eigenvalue weighted by atomic mass is 35.5. The first-order valence-electron chi connectivity index (χ1n) is 7.27. The van der Waals surface area contributed by atoms with Gasteiger partial charge in [0.2, 0.25) is 5.91 Å². The summed E-state index contributed by atoms with van der Waals surface area (Å²) in [6, 6.07) is 6.67. The smallest absolute Gasteiger partial charge is 0.317 e. The van der Waals surface area contributed by atoms with E-state index in [1.165, 1.54) is 6.92 Å². The quantitative estimate of drug-likeness (QED) is 0.673. The summed E-state index contributed by atoms with van der Waals surface area (Å²) in [6.45, 7) is 4.43. The molecule has 0 atom stereocenters. The molecule has 0 unspecified atom stereocenters. The number of carboxylic acids is 1. The first-order chi connectivity index (χ1) is 10.4. The highest BCUT2D eigenvalue weighted by Crippen LogP contribution is 2.10. The van der Waals surface area contributed by atoms with Gasteiger partial charge in [-0.1, -0.05) is 6.92 Å². The molecule has 1 amide bonds. The minimum Gasteiger partial charge on any atom is -0.480 e. The summed E-state index contributed by atoms with van der Waals surface area (Å²) >= 11 is 0. The number of nitrogens with one attached hydrogen (secondary N) is 1. The molecule has 23 heavy (non-hydrogen) atoms. The molecule has 128 valence electrons. The highest BCUT2D eigenvalue weighted by Gasteiger charge is 2.11. The third-order valence-corrected chi connectivity index (χ3v) is 3.13. The van der Waals surface area contributed by atoms with E-state index in [1.807, 2.05) is 6.92 Å². The number of aliphatic carboxylic acids is 1. The largest absolute Gasteiger partial charge is 0.480 e. The van der Waals surface area contributed by atoms with Gasteiger partial charge in [-0.05, 0) is 44.2 Å². The van der Waals surface area contributed by atoms with Gasteiger partial charge in [0.05, 0.1) is 6.54 Å². The van der Waals surface area contributed by atoms with E-state index in [-0.39, 0.29) is 37.1 Å². The van der Waals surface area contributed by atoms with Crippen LogP contribution in [0.15, 0.2) is 24.3 Å². The SMILES string of the molecule is CCCN(CCC(=O)Nc1ccc(C(C)=O)cc1)CC(=O)O.Cl. The number of nitrogens with zero attached hydrogens (tertiary/aromatic N) is 1. The zero-order chi connectivity index (χ0) is 16.5. The van der Waals surface area contributed by atoms with Crippen LogP contribution in [0, 0.1) is 0 Å². The van der Waals surface area contributed by atoms with E-state index in [4.69, 9.17) is 5.11 Å². The molecule has 0 fully saturated rings. The van der Waals surface area contributed by atoms with Crippen LogP contribution in [0.25, 0.3) is 0 Å². The lowest BCUT2D eigenvalue weighted by atomic mass is 10.1. The van der Waals surface area contributed by atoms with Gasteiger partial charge in [-0.3, -0.25) is 19.3 Å². The molecule has 0 heterocycles. The molecule has 0 aliphatic carbocycles. The van der Waals surface area contributed by atoms with Crippen molar-refractivity contribution < 1.29 is 19.5 Å². The Morgan fingerprint density at radius 1 is 1.13 bits per heavy atom. The van der Waals surface area contributed by atoms with Gasteiger partial charge < -0.3 is 10.4 Å². The second-order valence-electron chi connectivity index (χ2n) is 5.10. The number of carbonyl (C=O) groups is 3. The molecule has 0 bridgehead atoms. The maximum absolute atomic E-state index is 11.9. The van der Waals surface area contributed by atoms with Crippen LogP contribution >= 0.6 is 12.4 Å². The first kappa shape index (κ1) is 21.1. The van der Waals surface area contributed by atoms with E-state index in [9.17, 15) is 14.4 Å². The van der Waals surface area contributed by atoms with E-state index in [0.717, 1.165) is 6.42 Å². The second kappa shape index (κ2) is 10.7. The number of carboxylic acid groups (broad SMARTS) is 1. The lowest BCUT2D eigenvalue weighted by molar-refractivity contribution is -0.138. The van der Waals surface area contributed by atoms with Gasteiger partial charge in [-0.15, -0.1) is 12.4 Å². The number of anilines is 1. The predicted octanol–water partition coefficient (Wildman–Crippen LogP) is 2.44. The molecule has 0 spiro atoms. The summed E-state index contributed by atoms with van der Waals surface area (Å²) in [6.07, 6.45) is 1.06. The normalized spacial score (nSPS) is 10.0.